The Kier molecular flexibility index (Phi) is 7.91. The summed E-state index contributed by atoms with van der Waals surface area (Å²) in [6.07, 6.45) is 2.07. The van der Waals surface area contributed by atoms with Crippen LogP contribution in [0.1, 0.15) is 25.3 Å². The number of thioether (sulfide) groups is 1. The third-order valence-corrected chi connectivity index (χ3v) is 9.16. The molecule has 4 rings (SSSR count). The van der Waals surface area contributed by atoms with Crippen molar-refractivity contribution in [2.75, 3.05) is 37.2 Å². The minimum atomic E-state index is -3.15. The van der Waals surface area contributed by atoms with Crippen LogP contribution in [0.2, 0.25) is 0 Å². The van der Waals surface area contributed by atoms with E-state index in [1.54, 1.807) is 32.4 Å². The highest BCUT2D eigenvalue weighted by atomic mass is 32.2. The fourth-order valence-corrected chi connectivity index (χ4v) is 8.17. The van der Waals surface area contributed by atoms with Crippen LogP contribution in [-0.2, 0) is 21.1 Å². The molecule has 0 aromatic heterocycles. The molecule has 0 N–H and O–H groups in total. The maximum absolute atomic E-state index is 12.9. The highest BCUT2D eigenvalue weighted by Gasteiger charge is 2.49. The summed E-state index contributed by atoms with van der Waals surface area (Å²) in [5, 5.41) is 0.350. The number of anilines is 1. The van der Waals surface area contributed by atoms with Crippen LogP contribution in [0.25, 0.3) is 0 Å². The molecule has 2 unspecified atom stereocenters. The van der Waals surface area contributed by atoms with E-state index in [0.29, 0.717) is 29.0 Å². The molecule has 2 aromatic rings. The van der Waals surface area contributed by atoms with Gasteiger partial charge in [-0.05, 0) is 36.2 Å². The number of rotatable bonds is 9. The van der Waals surface area contributed by atoms with E-state index in [1.165, 1.54) is 11.8 Å². The number of methoxy groups -OCH3 is 2. The number of fused-ring (bicyclic) bond motifs is 1. The lowest BCUT2D eigenvalue weighted by Gasteiger charge is -2.25. The van der Waals surface area contributed by atoms with Crippen LogP contribution in [0.5, 0.6) is 17.2 Å². The van der Waals surface area contributed by atoms with Crippen molar-refractivity contribution in [1.29, 1.82) is 0 Å². The molecule has 2 aromatic carbocycles. The van der Waals surface area contributed by atoms with Gasteiger partial charge in [0.1, 0.15) is 5.75 Å². The van der Waals surface area contributed by atoms with Crippen molar-refractivity contribution in [3.8, 4) is 17.2 Å². The van der Waals surface area contributed by atoms with Crippen molar-refractivity contribution in [3.63, 3.8) is 0 Å². The Bertz CT molecular complexity index is 1210. The number of ether oxygens (including phenoxy) is 3. The number of nitrogens with zero attached hydrogens (tertiary/aromatic N) is 2. The smallest absolute Gasteiger partial charge is 0.252 e. The normalized spacial score (nSPS) is 21.7. The number of aliphatic imine (C=N–C) groups is 1. The summed E-state index contributed by atoms with van der Waals surface area (Å²) in [5.74, 6) is 1.64. The monoisotopic (exact) mass is 518 g/mol. The first-order valence-electron chi connectivity index (χ1n) is 11.5. The van der Waals surface area contributed by atoms with Crippen LogP contribution < -0.4 is 19.1 Å². The van der Waals surface area contributed by atoms with E-state index in [2.05, 4.69) is 11.9 Å². The van der Waals surface area contributed by atoms with Gasteiger partial charge < -0.3 is 19.1 Å². The average Bonchev–Trinajstić information content (AvgIpc) is 3.29. The van der Waals surface area contributed by atoms with Gasteiger partial charge in [-0.3, -0.25) is 4.79 Å². The Hall–Kier alpha value is -2.72. The van der Waals surface area contributed by atoms with E-state index in [9.17, 15) is 13.2 Å². The van der Waals surface area contributed by atoms with Crippen molar-refractivity contribution in [3.05, 3.63) is 48.0 Å². The SMILES string of the molecule is CCCCOc1cccc(N2C(=NC(=O)Cc3ccc(OC)c(OC)c3)SC3CS(=O)(=O)CC32)c1. The molecule has 10 heteroatoms. The molecule has 0 spiro atoms. The average molecular weight is 519 g/mol. The van der Waals surface area contributed by atoms with Crippen molar-refractivity contribution in [2.24, 2.45) is 4.99 Å². The third-order valence-electron chi connectivity index (χ3n) is 5.95. The molecule has 2 aliphatic rings. The Balaban J connectivity index is 1.59. The lowest BCUT2D eigenvalue weighted by atomic mass is 10.1. The van der Waals surface area contributed by atoms with Gasteiger partial charge in [0, 0.05) is 17.0 Å². The molecular weight excluding hydrogens is 488 g/mol. The first kappa shape index (κ1) is 25.4. The predicted molar refractivity (Wildman–Crippen MR) is 139 cm³/mol. The van der Waals surface area contributed by atoms with E-state index in [0.717, 1.165) is 24.1 Å². The summed E-state index contributed by atoms with van der Waals surface area (Å²) in [4.78, 5) is 19.3. The highest BCUT2D eigenvalue weighted by Crippen LogP contribution is 2.41. The number of hydrogen-bond donors (Lipinski definition) is 0. The zero-order chi connectivity index (χ0) is 25.0. The van der Waals surface area contributed by atoms with Crippen molar-refractivity contribution < 1.29 is 27.4 Å². The van der Waals surface area contributed by atoms with Crippen LogP contribution in [0, 0.1) is 0 Å². The molecule has 2 aliphatic heterocycles. The van der Waals surface area contributed by atoms with Crippen LogP contribution in [0.3, 0.4) is 0 Å². The molecule has 2 heterocycles. The first-order chi connectivity index (χ1) is 16.8. The van der Waals surface area contributed by atoms with Gasteiger partial charge in [-0.2, -0.15) is 4.99 Å². The maximum atomic E-state index is 12.9. The largest absolute Gasteiger partial charge is 0.494 e. The number of amidine groups is 1. The minimum absolute atomic E-state index is 0.0362. The lowest BCUT2D eigenvalue weighted by molar-refractivity contribution is -0.117. The fourth-order valence-electron chi connectivity index (χ4n) is 4.24. The maximum Gasteiger partial charge on any atom is 0.252 e. The molecule has 8 nitrogen and oxygen atoms in total. The molecule has 2 atom stereocenters. The van der Waals surface area contributed by atoms with E-state index in [4.69, 9.17) is 14.2 Å². The zero-order valence-electron chi connectivity index (χ0n) is 20.1. The van der Waals surface area contributed by atoms with Gasteiger partial charge in [-0.15, -0.1) is 0 Å². The Morgan fingerprint density at radius 2 is 1.91 bits per heavy atom. The number of sulfone groups is 1. The molecular formula is C25H30N2O6S2. The lowest BCUT2D eigenvalue weighted by Crippen LogP contribution is -2.37. The Labute approximate surface area is 210 Å². The summed E-state index contributed by atoms with van der Waals surface area (Å²) >= 11 is 1.36. The quantitative estimate of drug-likeness (QED) is 0.464. The first-order valence-corrected chi connectivity index (χ1v) is 14.2. The molecule has 188 valence electrons. The van der Waals surface area contributed by atoms with Crippen LogP contribution in [0.4, 0.5) is 5.69 Å². The van der Waals surface area contributed by atoms with Crippen molar-refractivity contribution >= 4 is 38.4 Å². The number of unbranched alkanes of at least 4 members (excludes halogenated alkanes) is 1. The molecule has 1 amide bonds. The van der Waals surface area contributed by atoms with E-state index < -0.39 is 9.84 Å². The van der Waals surface area contributed by atoms with Gasteiger partial charge in [0.25, 0.3) is 5.91 Å². The van der Waals surface area contributed by atoms with Crippen molar-refractivity contribution in [2.45, 2.75) is 37.5 Å². The summed E-state index contributed by atoms with van der Waals surface area (Å²) in [6, 6.07) is 12.6. The summed E-state index contributed by atoms with van der Waals surface area (Å²) in [5.41, 5.74) is 1.52. The van der Waals surface area contributed by atoms with Gasteiger partial charge in [0.2, 0.25) is 0 Å². The Morgan fingerprint density at radius 1 is 1.11 bits per heavy atom. The van der Waals surface area contributed by atoms with Crippen LogP contribution in [0.15, 0.2) is 47.5 Å². The second-order valence-corrected chi connectivity index (χ2v) is 11.9. The van der Waals surface area contributed by atoms with E-state index in [-0.39, 0.29) is 35.1 Å². The molecule has 0 aliphatic carbocycles. The van der Waals surface area contributed by atoms with Gasteiger partial charge >= 0.3 is 0 Å². The highest BCUT2D eigenvalue weighted by molar-refractivity contribution is 8.16. The zero-order valence-corrected chi connectivity index (χ0v) is 21.7. The second kappa shape index (κ2) is 10.9. The van der Waals surface area contributed by atoms with Crippen LogP contribution >= 0.6 is 11.8 Å². The van der Waals surface area contributed by atoms with E-state index in [1.807, 2.05) is 29.2 Å². The molecule has 0 radical (unpaired) electrons. The topological polar surface area (TPSA) is 94.5 Å². The number of hydrogen-bond acceptors (Lipinski definition) is 7. The molecule has 2 saturated heterocycles. The summed E-state index contributed by atoms with van der Waals surface area (Å²) in [7, 11) is -0.0460. The van der Waals surface area contributed by atoms with E-state index >= 15 is 0 Å². The fraction of sp³-hybridized carbons (Fsp3) is 0.440. The molecule has 2 fully saturated rings. The molecule has 0 bridgehead atoms. The van der Waals surface area contributed by atoms with Gasteiger partial charge in [-0.1, -0.05) is 37.2 Å². The van der Waals surface area contributed by atoms with Crippen LogP contribution in [-0.4, -0.2) is 63.1 Å². The summed E-state index contributed by atoms with van der Waals surface area (Å²) < 4.78 is 41.1. The standard InChI is InChI=1S/C25H30N2O6S2/c1-4-5-11-33-19-8-6-7-18(14-19)27-20-15-35(29,30)16-23(20)34-25(27)26-24(28)13-17-9-10-21(31-2)22(12-17)32-3/h6-10,12,14,20,23H,4-5,11,13,15-16H2,1-3H3. The molecule has 35 heavy (non-hydrogen) atoms. The second-order valence-electron chi connectivity index (χ2n) is 8.52. The predicted octanol–water partition coefficient (Wildman–Crippen LogP) is 3.73. The summed E-state index contributed by atoms with van der Waals surface area (Å²) in [6.45, 7) is 2.71. The van der Waals surface area contributed by atoms with Gasteiger partial charge in [0.05, 0.1) is 44.8 Å². The number of carbonyl (C=O) groups is 1. The number of carbonyl (C=O) groups excluding carboxylic acids is 1. The van der Waals surface area contributed by atoms with Crippen molar-refractivity contribution in [1.82, 2.24) is 0 Å². The van der Waals surface area contributed by atoms with Gasteiger partial charge in [0.15, 0.2) is 26.5 Å². The Morgan fingerprint density at radius 3 is 2.66 bits per heavy atom. The minimum Gasteiger partial charge on any atom is -0.494 e. The molecule has 0 saturated carbocycles. The number of benzene rings is 2. The number of amides is 1. The third kappa shape index (κ3) is 5.92. The van der Waals surface area contributed by atoms with Gasteiger partial charge in [-0.25, -0.2) is 8.42 Å².